The molecule has 1 N–H and O–H groups in total. The summed E-state index contributed by atoms with van der Waals surface area (Å²) in [5, 5.41) is 12.8. The van der Waals surface area contributed by atoms with E-state index in [0.717, 1.165) is 38.4 Å². The van der Waals surface area contributed by atoms with Crippen LogP contribution in [0.2, 0.25) is 0 Å². The molecule has 0 aliphatic heterocycles. The average molecular weight is 252 g/mol. The largest absolute Gasteiger partial charge is 0.381 e. The Morgan fingerprint density at radius 3 is 2.61 bits per heavy atom. The van der Waals surface area contributed by atoms with Crippen LogP contribution in [-0.2, 0) is 4.74 Å². The number of nitrogens with zero attached hydrogens (tertiary/aromatic N) is 1. The predicted molar refractivity (Wildman–Crippen MR) is 74.3 cm³/mol. The van der Waals surface area contributed by atoms with Crippen LogP contribution in [0.25, 0.3) is 0 Å². The van der Waals surface area contributed by atoms with E-state index in [9.17, 15) is 5.26 Å². The summed E-state index contributed by atoms with van der Waals surface area (Å²) >= 11 is 0. The van der Waals surface area contributed by atoms with E-state index >= 15 is 0 Å². The van der Waals surface area contributed by atoms with Gasteiger partial charge in [-0.05, 0) is 45.4 Å². The van der Waals surface area contributed by atoms with E-state index < -0.39 is 0 Å². The molecule has 3 heteroatoms. The highest BCUT2D eigenvalue weighted by atomic mass is 16.5. The molecule has 1 unspecified atom stereocenters. The van der Waals surface area contributed by atoms with E-state index in [2.05, 4.69) is 32.2 Å². The van der Waals surface area contributed by atoms with Gasteiger partial charge in [-0.1, -0.05) is 19.8 Å². The van der Waals surface area contributed by atoms with Gasteiger partial charge in [0.15, 0.2) is 0 Å². The Balaban J connectivity index is 2.13. The van der Waals surface area contributed by atoms with Gasteiger partial charge in [-0.15, -0.1) is 0 Å². The standard InChI is InChI=1S/C15H28N2O/c1-4-15(12-16,17-13(2)3)9-5-10-18-11-8-14-6-7-14/h13-14,17H,4-11H2,1-3H3. The number of ether oxygens (including phenoxy) is 1. The maximum absolute atomic E-state index is 9.36. The van der Waals surface area contributed by atoms with E-state index in [1.165, 1.54) is 19.3 Å². The summed E-state index contributed by atoms with van der Waals surface area (Å²) in [5.74, 6) is 0.946. The molecule has 0 amide bonds. The first-order valence-electron chi connectivity index (χ1n) is 7.38. The number of nitrogens with one attached hydrogen (secondary N) is 1. The van der Waals surface area contributed by atoms with Crippen LogP contribution in [0.15, 0.2) is 0 Å². The monoisotopic (exact) mass is 252 g/mol. The van der Waals surface area contributed by atoms with Crippen molar-refractivity contribution in [2.75, 3.05) is 13.2 Å². The van der Waals surface area contributed by atoms with Gasteiger partial charge in [0.05, 0.1) is 6.07 Å². The van der Waals surface area contributed by atoms with Crippen LogP contribution >= 0.6 is 0 Å². The van der Waals surface area contributed by atoms with Gasteiger partial charge in [-0.3, -0.25) is 5.32 Å². The molecule has 0 spiro atoms. The molecule has 0 saturated heterocycles. The third kappa shape index (κ3) is 5.84. The Morgan fingerprint density at radius 2 is 2.11 bits per heavy atom. The fraction of sp³-hybridized carbons (Fsp3) is 0.933. The third-order valence-electron chi connectivity index (χ3n) is 3.64. The second-order valence-corrected chi connectivity index (χ2v) is 5.79. The van der Waals surface area contributed by atoms with Crippen molar-refractivity contribution in [3.8, 4) is 6.07 Å². The molecule has 0 aromatic carbocycles. The Bertz CT molecular complexity index is 268. The van der Waals surface area contributed by atoms with Crippen LogP contribution in [0.1, 0.15) is 59.3 Å². The van der Waals surface area contributed by atoms with Gasteiger partial charge in [-0.2, -0.15) is 5.26 Å². The SMILES string of the molecule is CCC(C#N)(CCCOCCC1CC1)NC(C)C. The predicted octanol–water partition coefficient (Wildman–Crippen LogP) is 3.25. The van der Waals surface area contributed by atoms with Crippen LogP contribution in [0, 0.1) is 17.2 Å². The van der Waals surface area contributed by atoms with Crippen LogP contribution in [0.3, 0.4) is 0 Å². The lowest BCUT2D eigenvalue weighted by molar-refractivity contribution is 0.119. The first-order valence-corrected chi connectivity index (χ1v) is 7.38. The number of hydrogen-bond donors (Lipinski definition) is 1. The minimum atomic E-state index is -0.367. The lowest BCUT2D eigenvalue weighted by atomic mass is 9.91. The molecular formula is C15H28N2O. The molecule has 0 heterocycles. The molecule has 0 radical (unpaired) electrons. The van der Waals surface area contributed by atoms with E-state index in [-0.39, 0.29) is 5.54 Å². The van der Waals surface area contributed by atoms with Crippen LogP contribution in [-0.4, -0.2) is 24.8 Å². The smallest absolute Gasteiger partial charge is 0.106 e. The lowest BCUT2D eigenvalue weighted by Gasteiger charge is -2.29. The summed E-state index contributed by atoms with van der Waals surface area (Å²) < 4.78 is 5.64. The molecule has 18 heavy (non-hydrogen) atoms. The average Bonchev–Trinajstić information content (AvgIpc) is 3.15. The van der Waals surface area contributed by atoms with Crippen molar-refractivity contribution in [3.63, 3.8) is 0 Å². The second-order valence-electron chi connectivity index (χ2n) is 5.79. The summed E-state index contributed by atoms with van der Waals surface area (Å²) in [7, 11) is 0. The second kappa shape index (κ2) is 7.76. The van der Waals surface area contributed by atoms with Crippen molar-refractivity contribution in [3.05, 3.63) is 0 Å². The number of hydrogen-bond acceptors (Lipinski definition) is 3. The van der Waals surface area contributed by atoms with Gasteiger partial charge < -0.3 is 4.74 Å². The molecule has 1 atom stereocenters. The van der Waals surface area contributed by atoms with Crippen molar-refractivity contribution in [2.45, 2.75) is 70.9 Å². The van der Waals surface area contributed by atoms with Crippen LogP contribution in [0.5, 0.6) is 0 Å². The Kier molecular flexibility index (Phi) is 6.67. The van der Waals surface area contributed by atoms with Gasteiger partial charge in [-0.25, -0.2) is 0 Å². The first-order chi connectivity index (χ1) is 8.62. The molecule has 1 saturated carbocycles. The summed E-state index contributed by atoms with van der Waals surface area (Å²) in [6.45, 7) is 7.94. The van der Waals surface area contributed by atoms with Crippen molar-refractivity contribution in [1.82, 2.24) is 5.32 Å². The fourth-order valence-electron chi connectivity index (χ4n) is 2.31. The Hall–Kier alpha value is -0.590. The molecule has 0 aromatic rings. The van der Waals surface area contributed by atoms with Crippen molar-refractivity contribution < 1.29 is 4.74 Å². The molecule has 0 bridgehead atoms. The molecule has 104 valence electrons. The maximum Gasteiger partial charge on any atom is 0.106 e. The molecular weight excluding hydrogens is 224 g/mol. The van der Waals surface area contributed by atoms with Crippen molar-refractivity contribution in [1.29, 1.82) is 5.26 Å². The fourth-order valence-corrected chi connectivity index (χ4v) is 2.31. The van der Waals surface area contributed by atoms with Crippen LogP contribution < -0.4 is 5.32 Å². The summed E-state index contributed by atoms with van der Waals surface area (Å²) in [4.78, 5) is 0. The highest BCUT2D eigenvalue weighted by Crippen LogP contribution is 2.32. The van der Waals surface area contributed by atoms with Gasteiger partial charge in [0.1, 0.15) is 5.54 Å². The maximum atomic E-state index is 9.36. The zero-order valence-electron chi connectivity index (χ0n) is 12.2. The van der Waals surface area contributed by atoms with Gasteiger partial charge >= 0.3 is 0 Å². The molecule has 1 fully saturated rings. The Labute approximate surface area is 112 Å². The minimum absolute atomic E-state index is 0.348. The highest BCUT2D eigenvalue weighted by Gasteiger charge is 2.27. The number of nitriles is 1. The van der Waals surface area contributed by atoms with E-state index in [0.29, 0.717) is 6.04 Å². The van der Waals surface area contributed by atoms with E-state index in [1.54, 1.807) is 0 Å². The van der Waals surface area contributed by atoms with E-state index in [4.69, 9.17) is 4.74 Å². The first kappa shape index (κ1) is 15.5. The quantitative estimate of drug-likeness (QED) is 0.607. The van der Waals surface area contributed by atoms with Crippen LogP contribution in [0.4, 0.5) is 0 Å². The van der Waals surface area contributed by atoms with E-state index in [1.807, 2.05) is 0 Å². The summed E-state index contributed by atoms with van der Waals surface area (Å²) in [6.07, 6.45) is 6.71. The zero-order valence-corrected chi connectivity index (χ0v) is 12.2. The summed E-state index contributed by atoms with van der Waals surface area (Å²) in [5.41, 5.74) is -0.367. The van der Waals surface area contributed by atoms with Gasteiger partial charge in [0.2, 0.25) is 0 Å². The minimum Gasteiger partial charge on any atom is -0.381 e. The molecule has 1 rings (SSSR count). The van der Waals surface area contributed by atoms with Gasteiger partial charge in [0, 0.05) is 19.3 Å². The topological polar surface area (TPSA) is 45.0 Å². The molecule has 1 aliphatic carbocycles. The van der Waals surface area contributed by atoms with Crippen molar-refractivity contribution in [2.24, 2.45) is 5.92 Å². The normalized spacial score (nSPS) is 18.6. The molecule has 3 nitrogen and oxygen atoms in total. The van der Waals surface area contributed by atoms with Crippen molar-refractivity contribution >= 4 is 0 Å². The van der Waals surface area contributed by atoms with Gasteiger partial charge in [0.25, 0.3) is 0 Å². The summed E-state index contributed by atoms with van der Waals surface area (Å²) in [6, 6.07) is 2.80. The molecule has 1 aliphatic rings. The lowest BCUT2D eigenvalue weighted by Crippen LogP contribution is -2.47. The Morgan fingerprint density at radius 1 is 1.39 bits per heavy atom. The zero-order chi connectivity index (χ0) is 13.4. The third-order valence-corrected chi connectivity index (χ3v) is 3.64. The highest BCUT2D eigenvalue weighted by molar-refractivity contribution is 5.06. The number of rotatable bonds is 10. The molecule has 0 aromatic heterocycles.